The number of amides is 1. The molecule has 416 valence electrons. The molecule has 19 nitrogen and oxygen atoms in total. The molecule has 4 aliphatic heterocycles. The van der Waals surface area contributed by atoms with Gasteiger partial charge in [-0.2, -0.15) is 0 Å². The van der Waals surface area contributed by atoms with Crippen LogP contribution in [0.3, 0.4) is 0 Å². The fraction of sp³-hybridized carbons (Fsp3) is 0.315. The zero-order valence-corrected chi connectivity index (χ0v) is 50.9. The van der Waals surface area contributed by atoms with Crippen molar-refractivity contribution in [2.45, 2.75) is 80.4 Å². The molecule has 0 bridgehead atoms. The van der Waals surface area contributed by atoms with Crippen molar-refractivity contribution in [2.75, 3.05) is 54.6 Å². The lowest BCUT2D eigenvalue weighted by Crippen LogP contribution is -2.41. The number of nitro benzene ring substituents is 2. The van der Waals surface area contributed by atoms with E-state index in [4.69, 9.17) is 44.6 Å². The van der Waals surface area contributed by atoms with E-state index in [1.54, 1.807) is 44.2 Å². The number of fused-ring (bicyclic) bond motifs is 3. The van der Waals surface area contributed by atoms with Gasteiger partial charge in [0.2, 0.25) is 0 Å². The minimum atomic E-state index is -0.602. The Bertz CT molecular complexity index is 3140. The fourth-order valence-electron chi connectivity index (χ4n) is 7.66. The normalized spacial score (nSPS) is 14.6. The molecule has 8 N–H and O–H groups in total. The molecule has 10 rings (SSSR count). The molecule has 1 amide bonds. The number of para-hydroxylation sites is 1. The van der Waals surface area contributed by atoms with Crippen molar-refractivity contribution in [1.29, 1.82) is 0 Å². The first-order valence-corrected chi connectivity index (χ1v) is 27.3. The molecular weight excluding hydrogens is 1270 g/mol. The number of aryl methyl sites for hydroxylation is 1. The van der Waals surface area contributed by atoms with Crippen molar-refractivity contribution in [2.24, 2.45) is 0 Å². The van der Waals surface area contributed by atoms with E-state index >= 15 is 0 Å². The number of anilines is 4. The van der Waals surface area contributed by atoms with Crippen molar-refractivity contribution >= 4 is 116 Å². The number of nitro groups is 2. The van der Waals surface area contributed by atoms with Gasteiger partial charge in [0, 0.05) is 42.1 Å². The van der Waals surface area contributed by atoms with Crippen LogP contribution in [0.25, 0.3) is 0 Å². The van der Waals surface area contributed by atoms with Gasteiger partial charge in [-0.25, -0.2) is 0 Å². The molecule has 1 fully saturated rings. The van der Waals surface area contributed by atoms with Crippen molar-refractivity contribution in [3.8, 4) is 34.5 Å². The first-order chi connectivity index (χ1) is 36.6. The molecule has 0 unspecified atom stereocenters. The van der Waals surface area contributed by atoms with Gasteiger partial charge in [0.15, 0.2) is 18.1 Å². The van der Waals surface area contributed by atoms with E-state index in [-0.39, 0.29) is 59.5 Å². The van der Waals surface area contributed by atoms with Crippen LogP contribution in [0.15, 0.2) is 96.8 Å². The molecule has 0 saturated carbocycles. The smallest absolute Gasteiger partial charge is 0.495 e. The number of nitrogens with one attached hydrogen (secondary N) is 3. The Morgan fingerprint density at radius 1 is 0.564 bits per heavy atom. The first kappa shape index (κ1) is 62.5. The summed E-state index contributed by atoms with van der Waals surface area (Å²) in [5, 5.41) is 57.4. The van der Waals surface area contributed by atoms with Crippen molar-refractivity contribution in [3.63, 3.8) is 0 Å². The van der Waals surface area contributed by atoms with Gasteiger partial charge in [-0.3, -0.25) is 25.0 Å². The Kier molecular flexibility index (Phi) is 21.7. The average molecular weight is 1330 g/mol. The van der Waals surface area contributed by atoms with E-state index in [2.05, 4.69) is 121 Å². The van der Waals surface area contributed by atoms with Crippen molar-refractivity contribution < 1.29 is 53.5 Å². The second-order valence-corrected chi connectivity index (χ2v) is 22.2. The van der Waals surface area contributed by atoms with Crippen LogP contribution in [0.1, 0.15) is 61.1 Å². The zero-order chi connectivity index (χ0) is 58.0. The highest BCUT2D eigenvalue weighted by atomic mass is 79.9. The SMILES string of the molecule is Cc1c(B2OC(C)(C)C(C)(C)O2)ccc2c1NCCO2.Cc1c(Br)ccc(O)c1N.Cc1c(Br)ccc(O)c1[N+](=O)[O-].Cc1c(Br)ccc2c1NC(=O)CO2.Cc1c(Br)ccc2c1NCCO2.Cc1cccc(O)c1[N+](=O)[O-]. The lowest BCUT2D eigenvalue weighted by Gasteiger charge is -2.32. The molecule has 6 aromatic rings. The highest BCUT2D eigenvalue weighted by Gasteiger charge is 2.52. The standard InChI is InChI=1S/C15H22BNO3.C9H8BrNO2.C9H10BrNO.C7H6BrNO3.C7H8BrNO.C7H7NO3/c1-10-11(6-7-12-13(10)17-8-9-18-12)16-19-14(2,3)15(4,5)20-16;1-5-6(10)2-3-7-9(5)11-8(12)4-13-7;1-6-7(10)2-3-8-9(6)11-4-5-12-8;1-4-5(8)2-3-6(10)7(4)9(11)12;1-4-5(8)2-3-6(10)7(4)9;1-5-3-2-4-6(9)7(5)8(10)11/h6-7,17H,8-9H2,1-5H3;2-3H,4H2,1H3,(H,11,12);2-3,11H,4-5H2,1H3;2-3,10H,1H3;2-3,10H,9H2,1H3;2-4,9H,1H3. The zero-order valence-electron chi connectivity index (χ0n) is 44.5. The molecule has 0 aliphatic carbocycles. The summed E-state index contributed by atoms with van der Waals surface area (Å²) in [6, 6.07) is 22.4. The quantitative estimate of drug-likeness (QED) is 0.0285. The third kappa shape index (κ3) is 15.3. The summed E-state index contributed by atoms with van der Waals surface area (Å²) < 4.78 is 32.3. The summed E-state index contributed by atoms with van der Waals surface area (Å²) in [5.74, 6) is 2.06. The Balaban J connectivity index is 0.000000176. The fourth-order valence-corrected chi connectivity index (χ4v) is 8.99. The van der Waals surface area contributed by atoms with E-state index in [0.29, 0.717) is 27.9 Å². The molecule has 0 spiro atoms. The molecule has 0 aromatic heterocycles. The Morgan fingerprint density at radius 2 is 1.00 bits per heavy atom. The number of aromatic hydroxyl groups is 3. The van der Waals surface area contributed by atoms with E-state index < -0.39 is 9.85 Å². The molecule has 1 saturated heterocycles. The third-order valence-electron chi connectivity index (χ3n) is 13.0. The molecule has 6 aromatic carbocycles. The van der Waals surface area contributed by atoms with Gasteiger partial charge < -0.3 is 60.5 Å². The van der Waals surface area contributed by atoms with Gasteiger partial charge in [-0.05, 0) is 158 Å². The molecule has 0 radical (unpaired) electrons. The molecule has 0 atom stereocenters. The largest absolute Gasteiger partial charge is 0.506 e. The monoisotopic (exact) mass is 1330 g/mol. The van der Waals surface area contributed by atoms with Crippen LogP contribution in [-0.4, -0.2) is 82.3 Å². The van der Waals surface area contributed by atoms with Gasteiger partial charge >= 0.3 is 18.5 Å². The minimum absolute atomic E-state index is 0.103. The van der Waals surface area contributed by atoms with Crippen LogP contribution in [-0.2, 0) is 14.1 Å². The number of nitrogen functional groups attached to an aromatic ring is 1. The predicted molar refractivity (Wildman–Crippen MR) is 318 cm³/mol. The molecule has 24 heteroatoms. The maximum absolute atomic E-state index is 11.0. The van der Waals surface area contributed by atoms with Crippen LogP contribution >= 0.6 is 63.7 Å². The third-order valence-corrected chi connectivity index (χ3v) is 16.4. The maximum atomic E-state index is 11.0. The van der Waals surface area contributed by atoms with Crippen molar-refractivity contribution in [1.82, 2.24) is 0 Å². The van der Waals surface area contributed by atoms with E-state index in [1.165, 1.54) is 17.7 Å². The van der Waals surface area contributed by atoms with E-state index in [0.717, 1.165) is 89.6 Å². The number of halogens is 4. The highest BCUT2D eigenvalue weighted by Crippen LogP contribution is 2.40. The first-order valence-electron chi connectivity index (χ1n) is 24.1. The molecule has 78 heavy (non-hydrogen) atoms. The second kappa shape index (κ2) is 27.0. The average Bonchev–Trinajstić information content (AvgIpc) is 3.63. The van der Waals surface area contributed by atoms with Gasteiger partial charge in [-0.15, -0.1) is 0 Å². The van der Waals surface area contributed by atoms with Gasteiger partial charge in [0.1, 0.15) is 36.2 Å². The minimum Gasteiger partial charge on any atom is -0.506 e. The molecule has 4 aliphatic rings. The van der Waals surface area contributed by atoms with Crippen LogP contribution in [0.5, 0.6) is 34.5 Å². The summed E-state index contributed by atoms with van der Waals surface area (Å²) in [5.41, 5.74) is 14.0. The Labute approximate surface area is 486 Å². The number of phenols is 3. The molecule has 4 heterocycles. The lowest BCUT2D eigenvalue weighted by molar-refractivity contribution is -0.386. The number of carbonyl (C=O) groups is 1. The van der Waals surface area contributed by atoms with E-state index in [1.807, 2.05) is 50.2 Å². The maximum Gasteiger partial charge on any atom is 0.495 e. The van der Waals surface area contributed by atoms with Crippen LogP contribution in [0.4, 0.5) is 34.1 Å². The molecular formula is C54H61BBr4N6O13. The topological polar surface area (TPSA) is 272 Å². The number of carbonyl (C=O) groups excluding carboxylic acids is 1. The summed E-state index contributed by atoms with van der Waals surface area (Å²) in [6.07, 6.45) is 0. The van der Waals surface area contributed by atoms with Gasteiger partial charge in [0.25, 0.3) is 5.91 Å². The van der Waals surface area contributed by atoms with Crippen LogP contribution in [0, 0.1) is 61.8 Å². The van der Waals surface area contributed by atoms with Crippen LogP contribution < -0.4 is 41.4 Å². The Hall–Kier alpha value is -6.31. The summed E-state index contributed by atoms with van der Waals surface area (Å²) in [6.45, 7) is 22.7. The number of hydrogen-bond donors (Lipinski definition) is 7. The second-order valence-electron chi connectivity index (χ2n) is 18.8. The lowest BCUT2D eigenvalue weighted by atomic mass is 9.75. The number of rotatable bonds is 3. The summed E-state index contributed by atoms with van der Waals surface area (Å²) in [7, 11) is -0.325. The number of nitrogens with zero attached hydrogens (tertiary/aromatic N) is 2. The van der Waals surface area contributed by atoms with Gasteiger partial charge in [0.05, 0.1) is 43.8 Å². The summed E-state index contributed by atoms with van der Waals surface area (Å²) >= 11 is 13.3. The van der Waals surface area contributed by atoms with Crippen LogP contribution in [0.2, 0.25) is 0 Å². The number of ether oxygens (including phenoxy) is 3. The number of hydrogen-bond acceptors (Lipinski definition) is 16. The summed E-state index contributed by atoms with van der Waals surface area (Å²) in [4.78, 5) is 30.6. The number of phenolic OH excluding ortho intramolecular Hbond substituents is 3. The number of benzene rings is 6. The predicted octanol–water partition coefficient (Wildman–Crippen LogP) is 12.8. The Morgan fingerprint density at radius 3 is 1.49 bits per heavy atom. The van der Waals surface area contributed by atoms with E-state index in [9.17, 15) is 25.0 Å². The van der Waals surface area contributed by atoms with Crippen molar-refractivity contribution in [3.05, 3.63) is 150 Å². The highest BCUT2D eigenvalue weighted by molar-refractivity contribution is 9.11. The van der Waals surface area contributed by atoms with Gasteiger partial charge in [-0.1, -0.05) is 81.9 Å². The number of nitrogens with two attached hydrogens (primary N) is 1.